The van der Waals surface area contributed by atoms with Gasteiger partial charge in [-0.2, -0.15) is 8.42 Å². The van der Waals surface area contributed by atoms with Crippen molar-refractivity contribution in [2.24, 2.45) is 0 Å². The van der Waals surface area contributed by atoms with E-state index in [-0.39, 0.29) is 6.61 Å². The predicted octanol–water partition coefficient (Wildman–Crippen LogP) is 1.78. The maximum atomic E-state index is 11.0. The summed E-state index contributed by atoms with van der Waals surface area (Å²) in [6.07, 6.45) is 1.42. The quantitative estimate of drug-likeness (QED) is 0.616. The molecule has 0 fully saturated rings. The fourth-order valence-electron chi connectivity index (χ4n) is 1.12. The maximum absolute atomic E-state index is 11.0. The van der Waals surface area contributed by atoms with Crippen LogP contribution in [0, 0.1) is 0 Å². The first-order valence-corrected chi connectivity index (χ1v) is 5.80. The first kappa shape index (κ1) is 11.9. The van der Waals surface area contributed by atoms with Gasteiger partial charge in [0.1, 0.15) is 0 Å². The molecule has 4 nitrogen and oxygen atoms in total. The van der Waals surface area contributed by atoms with Gasteiger partial charge in [0.25, 0.3) is 10.1 Å². The molecule has 0 aliphatic carbocycles. The Hall–Kier alpha value is -1.17. The van der Waals surface area contributed by atoms with Crippen LogP contribution in [0.5, 0.6) is 0 Å². The second kappa shape index (κ2) is 5.06. The predicted molar refractivity (Wildman–Crippen MR) is 56.9 cm³/mol. The van der Waals surface area contributed by atoms with Crippen LogP contribution in [0.25, 0.3) is 0 Å². The van der Waals surface area contributed by atoms with Crippen molar-refractivity contribution < 1.29 is 17.7 Å². The Morgan fingerprint density at radius 2 is 2.00 bits per heavy atom. The average Bonchev–Trinajstić information content (AvgIpc) is 2.18. The molecule has 1 aromatic carbocycles. The van der Waals surface area contributed by atoms with Gasteiger partial charge in [-0.1, -0.05) is 36.4 Å². The molecule has 1 rings (SSSR count). The van der Waals surface area contributed by atoms with Crippen LogP contribution in [0.4, 0.5) is 0 Å². The summed E-state index contributed by atoms with van der Waals surface area (Å²) in [5.74, 6) is 0. The van der Waals surface area contributed by atoms with E-state index in [1.54, 1.807) is 30.3 Å². The van der Waals surface area contributed by atoms with E-state index in [9.17, 15) is 8.42 Å². The summed E-state index contributed by atoms with van der Waals surface area (Å²) >= 11 is 0. The average molecular weight is 228 g/mol. The third-order valence-corrected chi connectivity index (χ3v) is 2.66. The van der Waals surface area contributed by atoms with E-state index in [0.29, 0.717) is 5.56 Å². The summed E-state index contributed by atoms with van der Waals surface area (Å²) in [7, 11) is -4.26. The van der Waals surface area contributed by atoms with E-state index >= 15 is 0 Å². The molecule has 1 unspecified atom stereocenters. The van der Waals surface area contributed by atoms with Gasteiger partial charge in [-0.15, -0.1) is 6.58 Å². The molecule has 0 amide bonds. The SMILES string of the molecule is C=CCOC(c1ccccc1)S(=O)(=O)O. The first-order chi connectivity index (χ1) is 7.05. The minimum atomic E-state index is -4.26. The molecule has 0 spiro atoms. The van der Waals surface area contributed by atoms with Crippen LogP contribution < -0.4 is 0 Å². The zero-order valence-corrected chi connectivity index (χ0v) is 8.85. The highest BCUT2D eigenvalue weighted by Gasteiger charge is 2.24. The lowest BCUT2D eigenvalue weighted by Gasteiger charge is -2.13. The highest BCUT2D eigenvalue weighted by molar-refractivity contribution is 7.85. The Labute approximate surface area is 88.9 Å². The molecule has 1 atom stereocenters. The lowest BCUT2D eigenvalue weighted by molar-refractivity contribution is 0.124. The van der Waals surface area contributed by atoms with Crippen molar-refractivity contribution in [2.75, 3.05) is 6.61 Å². The minimum absolute atomic E-state index is 0.0549. The van der Waals surface area contributed by atoms with Crippen LogP contribution in [0.15, 0.2) is 43.0 Å². The van der Waals surface area contributed by atoms with Crippen LogP contribution in [-0.4, -0.2) is 19.6 Å². The van der Waals surface area contributed by atoms with E-state index in [1.807, 2.05) is 0 Å². The Morgan fingerprint density at radius 1 is 1.40 bits per heavy atom. The lowest BCUT2D eigenvalue weighted by Crippen LogP contribution is -2.15. The Bertz CT molecular complexity index is 410. The number of benzene rings is 1. The minimum Gasteiger partial charge on any atom is -0.351 e. The van der Waals surface area contributed by atoms with Crippen molar-refractivity contribution >= 4 is 10.1 Å². The number of hydrogen-bond acceptors (Lipinski definition) is 3. The van der Waals surface area contributed by atoms with Gasteiger partial charge < -0.3 is 4.74 Å². The summed E-state index contributed by atoms with van der Waals surface area (Å²) in [5.41, 5.74) is -0.960. The van der Waals surface area contributed by atoms with Crippen molar-refractivity contribution in [1.29, 1.82) is 0 Å². The van der Waals surface area contributed by atoms with Crippen LogP contribution in [0.1, 0.15) is 11.0 Å². The summed E-state index contributed by atoms with van der Waals surface area (Å²) in [6, 6.07) is 8.23. The molecule has 0 radical (unpaired) electrons. The second-order valence-corrected chi connectivity index (χ2v) is 4.34. The van der Waals surface area contributed by atoms with Gasteiger partial charge in [-0.05, 0) is 5.56 Å². The van der Waals surface area contributed by atoms with E-state index < -0.39 is 15.6 Å². The van der Waals surface area contributed by atoms with E-state index in [4.69, 9.17) is 9.29 Å². The summed E-state index contributed by atoms with van der Waals surface area (Å²) in [6.45, 7) is 3.46. The molecule has 0 aromatic heterocycles. The monoisotopic (exact) mass is 228 g/mol. The number of rotatable bonds is 5. The van der Waals surface area contributed by atoms with E-state index in [2.05, 4.69) is 6.58 Å². The van der Waals surface area contributed by atoms with Crippen molar-refractivity contribution in [1.82, 2.24) is 0 Å². The molecule has 0 saturated heterocycles. The standard InChI is InChI=1S/C10H12O4S/c1-2-8-14-10(15(11,12)13)9-6-4-3-5-7-9/h2-7,10H,1,8H2,(H,11,12,13). The molecule has 0 heterocycles. The fourth-order valence-corrected chi connectivity index (χ4v) is 1.87. The molecule has 1 aromatic rings. The maximum Gasteiger partial charge on any atom is 0.296 e. The highest BCUT2D eigenvalue weighted by Crippen LogP contribution is 2.22. The number of ether oxygens (including phenoxy) is 1. The zero-order chi connectivity index (χ0) is 11.3. The van der Waals surface area contributed by atoms with Crippen LogP contribution in [0.3, 0.4) is 0 Å². The molecular weight excluding hydrogens is 216 g/mol. The Morgan fingerprint density at radius 3 is 2.47 bits per heavy atom. The molecule has 82 valence electrons. The van der Waals surface area contributed by atoms with Gasteiger partial charge in [0, 0.05) is 0 Å². The Kier molecular flexibility index (Phi) is 4.02. The van der Waals surface area contributed by atoms with Gasteiger partial charge in [0.15, 0.2) is 0 Å². The Balaban J connectivity index is 2.97. The van der Waals surface area contributed by atoms with Crippen molar-refractivity contribution in [3.8, 4) is 0 Å². The van der Waals surface area contributed by atoms with E-state index in [1.165, 1.54) is 6.08 Å². The second-order valence-electron chi connectivity index (χ2n) is 2.88. The van der Waals surface area contributed by atoms with Crippen LogP contribution in [0.2, 0.25) is 0 Å². The van der Waals surface area contributed by atoms with Crippen LogP contribution >= 0.6 is 0 Å². The van der Waals surface area contributed by atoms with Gasteiger partial charge >= 0.3 is 0 Å². The molecular formula is C10H12O4S. The molecule has 0 aliphatic rings. The summed E-state index contributed by atoms with van der Waals surface area (Å²) in [4.78, 5) is 0. The van der Waals surface area contributed by atoms with Crippen molar-refractivity contribution in [2.45, 2.75) is 5.44 Å². The molecule has 15 heavy (non-hydrogen) atoms. The molecule has 0 bridgehead atoms. The summed E-state index contributed by atoms with van der Waals surface area (Å²) in [5, 5.41) is 0. The topological polar surface area (TPSA) is 63.6 Å². The van der Waals surface area contributed by atoms with E-state index in [0.717, 1.165) is 0 Å². The number of hydrogen-bond donors (Lipinski definition) is 1. The first-order valence-electron chi connectivity index (χ1n) is 4.29. The lowest BCUT2D eigenvalue weighted by atomic mass is 10.2. The fraction of sp³-hybridized carbons (Fsp3) is 0.200. The molecule has 5 heteroatoms. The normalized spacial score (nSPS) is 13.4. The third-order valence-electron chi connectivity index (χ3n) is 1.71. The summed E-state index contributed by atoms with van der Waals surface area (Å²) < 4.78 is 36.0. The molecule has 0 saturated carbocycles. The van der Waals surface area contributed by atoms with Crippen molar-refractivity contribution in [3.63, 3.8) is 0 Å². The smallest absolute Gasteiger partial charge is 0.296 e. The van der Waals surface area contributed by atoms with Crippen molar-refractivity contribution in [3.05, 3.63) is 48.6 Å². The largest absolute Gasteiger partial charge is 0.351 e. The molecule has 1 N–H and O–H groups in total. The van der Waals surface area contributed by atoms with Gasteiger partial charge in [0.2, 0.25) is 5.44 Å². The zero-order valence-electron chi connectivity index (χ0n) is 8.04. The van der Waals surface area contributed by atoms with Gasteiger partial charge in [-0.3, -0.25) is 4.55 Å². The highest BCUT2D eigenvalue weighted by atomic mass is 32.2. The van der Waals surface area contributed by atoms with Gasteiger partial charge in [0.05, 0.1) is 6.61 Å². The van der Waals surface area contributed by atoms with Crippen LogP contribution in [-0.2, 0) is 14.9 Å². The third kappa shape index (κ3) is 3.47. The van der Waals surface area contributed by atoms with Gasteiger partial charge in [-0.25, -0.2) is 0 Å². The molecule has 0 aliphatic heterocycles.